The molecule has 0 aliphatic carbocycles. The average Bonchev–Trinajstić information content (AvgIpc) is 2.84. The minimum absolute atomic E-state index is 0.143. The average molecular weight is 251 g/mol. The third-order valence-corrected chi connectivity index (χ3v) is 3.03. The second-order valence-corrected chi connectivity index (χ2v) is 4.44. The number of rotatable bonds is 3. The Balaban J connectivity index is 1.77. The molecule has 3 N–H and O–H groups in total. The molecule has 18 heavy (non-hydrogen) atoms. The van der Waals surface area contributed by atoms with Crippen LogP contribution in [0.15, 0.2) is 18.7 Å². The van der Waals surface area contributed by atoms with Gasteiger partial charge in [0, 0.05) is 31.5 Å². The molecule has 1 aliphatic heterocycles. The minimum atomic E-state index is -0.309. The first-order valence-corrected chi connectivity index (χ1v) is 5.94. The normalized spacial score (nSPS) is 17.6. The molecule has 0 saturated carbocycles. The summed E-state index contributed by atoms with van der Waals surface area (Å²) in [7, 11) is 0. The molecule has 0 atom stereocenters. The number of nitrogens with zero attached hydrogens (tertiary/aromatic N) is 3. The fourth-order valence-electron chi connectivity index (χ4n) is 2.08. The lowest BCUT2D eigenvalue weighted by Crippen LogP contribution is -2.47. The van der Waals surface area contributed by atoms with Crippen molar-refractivity contribution in [1.82, 2.24) is 19.8 Å². The van der Waals surface area contributed by atoms with Crippen molar-refractivity contribution in [2.75, 3.05) is 19.6 Å². The van der Waals surface area contributed by atoms with Crippen LogP contribution in [0, 0.1) is 0 Å². The van der Waals surface area contributed by atoms with Crippen LogP contribution in [0.25, 0.3) is 0 Å². The van der Waals surface area contributed by atoms with Gasteiger partial charge in [0.15, 0.2) is 0 Å². The highest BCUT2D eigenvalue weighted by atomic mass is 16.2. The van der Waals surface area contributed by atoms with Gasteiger partial charge in [-0.25, -0.2) is 9.78 Å². The Morgan fingerprint density at radius 3 is 2.67 bits per heavy atom. The third-order valence-electron chi connectivity index (χ3n) is 3.03. The molecule has 0 radical (unpaired) electrons. The van der Waals surface area contributed by atoms with Crippen molar-refractivity contribution in [1.29, 1.82) is 0 Å². The van der Waals surface area contributed by atoms with E-state index in [4.69, 9.17) is 5.73 Å². The van der Waals surface area contributed by atoms with Crippen molar-refractivity contribution in [2.45, 2.75) is 18.9 Å². The molecule has 0 aromatic carbocycles. The SMILES string of the molecule is NC(=O)CN1CCC(NC(=O)n2ccnc2)CC1. The van der Waals surface area contributed by atoms with E-state index >= 15 is 0 Å². The number of carbonyl (C=O) groups excluding carboxylic acids is 2. The van der Waals surface area contributed by atoms with Crippen LogP contribution in [0.2, 0.25) is 0 Å². The van der Waals surface area contributed by atoms with E-state index in [-0.39, 0.29) is 18.0 Å². The zero-order chi connectivity index (χ0) is 13.0. The quantitative estimate of drug-likeness (QED) is 0.749. The molecule has 1 aliphatic rings. The van der Waals surface area contributed by atoms with E-state index < -0.39 is 0 Å². The molecular formula is C11H17N5O2. The van der Waals surface area contributed by atoms with Gasteiger partial charge in [-0.3, -0.25) is 14.3 Å². The third kappa shape index (κ3) is 3.30. The molecular weight excluding hydrogens is 234 g/mol. The van der Waals surface area contributed by atoms with Crippen LogP contribution in [0.3, 0.4) is 0 Å². The first-order valence-electron chi connectivity index (χ1n) is 5.94. The molecule has 1 saturated heterocycles. The number of amides is 2. The van der Waals surface area contributed by atoms with E-state index in [0.29, 0.717) is 6.54 Å². The summed E-state index contributed by atoms with van der Waals surface area (Å²) < 4.78 is 1.41. The molecule has 1 aromatic heterocycles. The molecule has 2 amide bonds. The van der Waals surface area contributed by atoms with Gasteiger partial charge in [-0.1, -0.05) is 0 Å². The molecule has 7 nitrogen and oxygen atoms in total. The molecule has 0 bridgehead atoms. The predicted molar refractivity (Wildman–Crippen MR) is 64.8 cm³/mol. The molecule has 0 unspecified atom stereocenters. The van der Waals surface area contributed by atoms with Crippen LogP contribution in [0.4, 0.5) is 4.79 Å². The van der Waals surface area contributed by atoms with Crippen molar-refractivity contribution in [2.24, 2.45) is 5.73 Å². The summed E-state index contributed by atoms with van der Waals surface area (Å²) in [4.78, 5) is 28.4. The van der Waals surface area contributed by atoms with Crippen LogP contribution in [0.1, 0.15) is 12.8 Å². The fraction of sp³-hybridized carbons (Fsp3) is 0.545. The van der Waals surface area contributed by atoms with E-state index in [9.17, 15) is 9.59 Å². The second-order valence-electron chi connectivity index (χ2n) is 4.44. The molecule has 0 spiro atoms. The first kappa shape index (κ1) is 12.6. The standard InChI is InChI=1S/C11H17N5O2/c12-10(17)7-15-4-1-9(2-5-15)14-11(18)16-6-3-13-8-16/h3,6,8-9H,1-2,4-5,7H2,(H2,12,17)(H,14,18). The highest BCUT2D eigenvalue weighted by Gasteiger charge is 2.21. The van der Waals surface area contributed by atoms with Crippen LogP contribution in [-0.2, 0) is 4.79 Å². The van der Waals surface area contributed by atoms with E-state index in [1.54, 1.807) is 12.4 Å². The lowest BCUT2D eigenvalue weighted by Gasteiger charge is -2.31. The number of imidazole rings is 1. The smallest absolute Gasteiger partial charge is 0.327 e. The Labute approximate surface area is 105 Å². The van der Waals surface area contributed by atoms with Gasteiger partial charge in [-0.15, -0.1) is 0 Å². The van der Waals surface area contributed by atoms with E-state index in [2.05, 4.69) is 10.3 Å². The number of hydrogen-bond acceptors (Lipinski definition) is 4. The number of primary amides is 1. The van der Waals surface area contributed by atoms with Crippen molar-refractivity contribution >= 4 is 11.9 Å². The van der Waals surface area contributed by atoms with Gasteiger partial charge in [-0.05, 0) is 12.8 Å². The van der Waals surface area contributed by atoms with Crippen molar-refractivity contribution in [3.63, 3.8) is 0 Å². The Morgan fingerprint density at radius 1 is 1.39 bits per heavy atom. The number of nitrogens with one attached hydrogen (secondary N) is 1. The van der Waals surface area contributed by atoms with Gasteiger partial charge >= 0.3 is 6.03 Å². The van der Waals surface area contributed by atoms with Gasteiger partial charge in [0.2, 0.25) is 5.91 Å². The largest absolute Gasteiger partial charge is 0.369 e. The highest BCUT2D eigenvalue weighted by molar-refractivity contribution is 5.77. The Kier molecular flexibility index (Phi) is 3.93. The predicted octanol–water partition coefficient (Wildman–Crippen LogP) is -0.609. The van der Waals surface area contributed by atoms with Crippen LogP contribution < -0.4 is 11.1 Å². The number of piperidine rings is 1. The summed E-state index contributed by atoms with van der Waals surface area (Å²) >= 11 is 0. The molecule has 7 heteroatoms. The lowest BCUT2D eigenvalue weighted by molar-refractivity contribution is -0.119. The number of hydrogen-bond donors (Lipinski definition) is 2. The van der Waals surface area contributed by atoms with Crippen LogP contribution >= 0.6 is 0 Å². The van der Waals surface area contributed by atoms with Gasteiger partial charge in [0.1, 0.15) is 6.33 Å². The summed E-state index contributed by atoms with van der Waals surface area (Å²) in [5, 5.41) is 2.94. The summed E-state index contributed by atoms with van der Waals surface area (Å²) in [6, 6.07) is -0.0233. The van der Waals surface area contributed by atoms with Gasteiger partial charge in [0.05, 0.1) is 6.54 Å². The first-order chi connectivity index (χ1) is 8.65. The zero-order valence-electron chi connectivity index (χ0n) is 10.1. The number of nitrogens with two attached hydrogens (primary N) is 1. The highest BCUT2D eigenvalue weighted by Crippen LogP contribution is 2.09. The summed E-state index contributed by atoms with van der Waals surface area (Å²) in [6.07, 6.45) is 6.30. The minimum Gasteiger partial charge on any atom is -0.369 e. The molecule has 98 valence electrons. The maximum Gasteiger partial charge on any atom is 0.327 e. The van der Waals surface area contributed by atoms with Gasteiger partial charge in [-0.2, -0.15) is 0 Å². The fourth-order valence-corrected chi connectivity index (χ4v) is 2.08. The Bertz CT molecular complexity index is 409. The van der Waals surface area contributed by atoms with Crippen LogP contribution in [-0.4, -0.2) is 52.1 Å². The molecule has 1 fully saturated rings. The Hall–Kier alpha value is -1.89. The van der Waals surface area contributed by atoms with Gasteiger partial charge < -0.3 is 11.1 Å². The van der Waals surface area contributed by atoms with E-state index in [0.717, 1.165) is 25.9 Å². The van der Waals surface area contributed by atoms with E-state index in [1.807, 2.05) is 4.90 Å². The summed E-state index contributed by atoms with van der Waals surface area (Å²) in [5.74, 6) is -0.309. The summed E-state index contributed by atoms with van der Waals surface area (Å²) in [5.41, 5.74) is 5.14. The van der Waals surface area contributed by atoms with Gasteiger partial charge in [0.25, 0.3) is 0 Å². The van der Waals surface area contributed by atoms with E-state index in [1.165, 1.54) is 10.9 Å². The van der Waals surface area contributed by atoms with Crippen molar-refractivity contribution in [3.05, 3.63) is 18.7 Å². The number of likely N-dealkylation sites (tertiary alicyclic amines) is 1. The maximum absolute atomic E-state index is 11.8. The van der Waals surface area contributed by atoms with Crippen molar-refractivity contribution < 1.29 is 9.59 Å². The molecule has 2 rings (SSSR count). The van der Waals surface area contributed by atoms with Crippen LogP contribution in [0.5, 0.6) is 0 Å². The Morgan fingerprint density at radius 2 is 2.11 bits per heavy atom. The summed E-state index contributed by atoms with van der Waals surface area (Å²) in [6.45, 7) is 1.85. The second kappa shape index (κ2) is 5.63. The number of aromatic nitrogens is 2. The molecule has 1 aromatic rings. The van der Waals surface area contributed by atoms with Crippen molar-refractivity contribution in [3.8, 4) is 0 Å². The lowest BCUT2D eigenvalue weighted by atomic mass is 10.1. The topological polar surface area (TPSA) is 93.3 Å². The monoisotopic (exact) mass is 251 g/mol. The maximum atomic E-state index is 11.8. The zero-order valence-corrected chi connectivity index (χ0v) is 10.1. The number of carbonyl (C=O) groups is 2. The molecule has 2 heterocycles.